The second-order valence-electron chi connectivity index (χ2n) is 5.31. The van der Waals surface area contributed by atoms with Gasteiger partial charge in [-0.25, -0.2) is 4.39 Å². The number of carbonyl (C=O) groups is 2. The van der Waals surface area contributed by atoms with E-state index in [0.29, 0.717) is 23.5 Å². The van der Waals surface area contributed by atoms with Crippen molar-refractivity contribution in [1.29, 1.82) is 0 Å². The maximum Gasteiger partial charge on any atom is 0.291 e. The quantitative estimate of drug-likeness (QED) is 0.815. The minimum atomic E-state index is -0.483. The van der Waals surface area contributed by atoms with Gasteiger partial charge in [-0.05, 0) is 42.5 Å². The largest absolute Gasteiger partial charge is 0.487 e. The van der Waals surface area contributed by atoms with Crippen LogP contribution in [0, 0.1) is 5.82 Å². The van der Waals surface area contributed by atoms with Crippen LogP contribution in [-0.4, -0.2) is 24.2 Å². The maximum absolute atomic E-state index is 13.0. The van der Waals surface area contributed by atoms with Crippen molar-refractivity contribution in [3.63, 3.8) is 0 Å². The minimum absolute atomic E-state index is 0.112. The van der Waals surface area contributed by atoms with E-state index < -0.39 is 11.7 Å². The number of hydrogen-bond acceptors (Lipinski definition) is 4. The van der Waals surface area contributed by atoms with Crippen molar-refractivity contribution in [2.24, 2.45) is 0 Å². The molecule has 2 amide bonds. The van der Waals surface area contributed by atoms with E-state index in [1.54, 1.807) is 29.7 Å². The van der Waals surface area contributed by atoms with Crippen LogP contribution in [0.2, 0.25) is 5.02 Å². The van der Waals surface area contributed by atoms with Crippen LogP contribution in [0.1, 0.15) is 10.4 Å². The Morgan fingerprint density at radius 3 is 2.50 bits per heavy atom. The summed E-state index contributed by atoms with van der Waals surface area (Å²) >= 11 is 7.41. The lowest BCUT2D eigenvalue weighted by Gasteiger charge is -2.14. The Balaban J connectivity index is 1.64. The fraction of sp³-hybridized carbons (Fsp3) is 0.111. The van der Waals surface area contributed by atoms with Gasteiger partial charge in [0.15, 0.2) is 5.76 Å². The van der Waals surface area contributed by atoms with Crippen molar-refractivity contribution < 1.29 is 18.7 Å². The van der Waals surface area contributed by atoms with Crippen LogP contribution >= 0.6 is 23.4 Å². The zero-order chi connectivity index (χ0) is 18.5. The topological polar surface area (TPSA) is 67.4 Å². The van der Waals surface area contributed by atoms with E-state index in [1.807, 2.05) is 0 Å². The summed E-state index contributed by atoms with van der Waals surface area (Å²) in [5.41, 5.74) is 1.22. The third-order valence-electron chi connectivity index (χ3n) is 3.46. The molecule has 2 aromatic carbocycles. The third-order valence-corrected chi connectivity index (χ3v) is 4.55. The molecule has 134 valence electrons. The molecule has 0 saturated carbocycles. The molecule has 8 heteroatoms. The molecule has 0 saturated heterocycles. The van der Waals surface area contributed by atoms with E-state index in [-0.39, 0.29) is 16.7 Å². The molecule has 0 fully saturated rings. The summed E-state index contributed by atoms with van der Waals surface area (Å²) in [5.74, 6) is -0.130. The highest BCUT2D eigenvalue weighted by atomic mass is 35.5. The number of thioether (sulfide) groups is 1. The molecular weight excluding hydrogens is 379 g/mol. The van der Waals surface area contributed by atoms with Gasteiger partial charge in [0.05, 0.1) is 17.3 Å². The number of anilines is 2. The van der Waals surface area contributed by atoms with Crippen molar-refractivity contribution in [2.75, 3.05) is 23.0 Å². The molecule has 1 heterocycles. The van der Waals surface area contributed by atoms with E-state index in [9.17, 15) is 14.0 Å². The summed E-state index contributed by atoms with van der Waals surface area (Å²) < 4.78 is 18.3. The lowest BCUT2D eigenvalue weighted by atomic mass is 10.2. The zero-order valence-corrected chi connectivity index (χ0v) is 15.0. The summed E-state index contributed by atoms with van der Waals surface area (Å²) in [6.07, 6.45) is 0. The number of nitrogens with one attached hydrogen (secondary N) is 2. The number of ether oxygens (including phenoxy) is 1. The first-order chi connectivity index (χ1) is 12.5. The van der Waals surface area contributed by atoms with Crippen LogP contribution in [0.5, 0.6) is 0 Å². The lowest BCUT2D eigenvalue weighted by molar-refractivity contribution is -0.116. The molecule has 5 nitrogen and oxygen atoms in total. The Bertz CT molecular complexity index is 871. The summed E-state index contributed by atoms with van der Waals surface area (Å²) in [5, 5.41) is 7.10. The predicted octanol–water partition coefficient (Wildman–Crippen LogP) is 4.27. The standard InChI is InChI=1S/C18H14ClFN2O3S/c19-14-9-12(20)3-6-15(14)22-17(23)11-1-4-13(5-2-11)21-18(24)16-10-26-8-7-25-16/h1-6,9-10H,7-8H2,(H,21,24)(H,22,23). The fourth-order valence-electron chi connectivity index (χ4n) is 2.17. The highest BCUT2D eigenvalue weighted by Crippen LogP contribution is 2.23. The van der Waals surface area contributed by atoms with Gasteiger partial charge in [0.2, 0.25) is 0 Å². The molecule has 0 unspecified atom stereocenters. The molecule has 0 atom stereocenters. The normalized spacial score (nSPS) is 13.4. The number of rotatable bonds is 4. The molecule has 1 aliphatic heterocycles. The van der Waals surface area contributed by atoms with Gasteiger partial charge in [-0.15, -0.1) is 11.8 Å². The van der Waals surface area contributed by atoms with Gasteiger partial charge < -0.3 is 15.4 Å². The summed E-state index contributed by atoms with van der Waals surface area (Å²) in [7, 11) is 0. The van der Waals surface area contributed by atoms with Crippen LogP contribution in [0.15, 0.2) is 53.6 Å². The Labute approximate surface area is 158 Å². The van der Waals surface area contributed by atoms with Crippen LogP contribution in [0.4, 0.5) is 15.8 Å². The summed E-state index contributed by atoms with van der Waals surface area (Å²) in [6.45, 7) is 0.495. The first-order valence-electron chi connectivity index (χ1n) is 7.65. The Kier molecular flexibility index (Phi) is 5.80. The minimum Gasteiger partial charge on any atom is -0.487 e. The molecule has 0 spiro atoms. The molecule has 0 radical (unpaired) electrons. The van der Waals surface area contributed by atoms with Gasteiger partial charge >= 0.3 is 0 Å². The number of hydrogen-bond donors (Lipinski definition) is 2. The highest BCUT2D eigenvalue weighted by molar-refractivity contribution is 8.02. The van der Waals surface area contributed by atoms with Crippen molar-refractivity contribution in [3.05, 3.63) is 70.0 Å². The number of carbonyl (C=O) groups excluding carboxylic acids is 2. The van der Waals surface area contributed by atoms with Crippen molar-refractivity contribution in [1.82, 2.24) is 0 Å². The third kappa shape index (κ3) is 4.56. The van der Waals surface area contributed by atoms with Gasteiger partial charge in [-0.2, -0.15) is 0 Å². The molecule has 3 rings (SSSR count). The number of halogens is 2. The second-order valence-corrected chi connectivity index (χ2v) is 6.70. The average Bonchev–Trinajstić information content (AvgIpc) is 2.65. The zero-order valence-electron chi connectivity index (χ0n) is 13.4. The van der Waals surface area contributed by atoms with E-state index in [4.69, 9.17) is 16.3 Å². The smallest absolute Gasteiger partial charge is 0.291 e. The molecule has 0 aliphatic carbocycles. The molecule has 0 bridgehead atoms. The first-order valence-corrected chi connectivity index (χ1v) is 9.08. The Hall–Kier alpha value is -2.51. The highest BCUT2D eigenvalue weighted by Gasteiger charge is 2.15. The molecule has 2 aromatic rings. The van der Waals surface area contributed by atoms with Crippen LogP contribution < -0.4 is 10.6 Å². The van der Waals surface area contributed by atoms with E-state index in [2.05, 4.69) is 10.6 Å². The van der Waals surface area contributed by atoms with Crippen LogP contribution in [0.25, 0.3) is 0 Å². The number of benzene rings is 2. The van der Waals surface area contributed by atoms with Gasteiger partial charge in [0, 0.05) is 22.4 Å². The van der Waals surface area contributed by atoms with E-state index >= 15 is 0 Å². The lowest BCUT2D eigenvalue weighted by Crippen LogP contribution is -2.19. The first kappa shape index (κ1) is 18.3. The van der Waals surface area contributed by atoms with Gasteiger partial charge in [0.25, 0.3) is 11.8 Å². The molecule has 26 heavy (non-hydrogen) atoms. The average molecular weight is 393 g/mol. The SMILES string of the molecule is O=C(Nc1ccc(C(=O)Nc2ccc(F)cc2Cl)cc1)C1=CSCCO1. The Morgan fingerprint density at radius 1 is 1.08 bits per heavy atom. The van der Waals surface area contributed by atoms with Crippen LogP contribution in [0.3, 0.4) is 0 Å². The van der Waals surface area contributed by atoms with Crippen molar-refractivity contribution in [3.8, 4) is 0 Å². The second kappa shape index (κ2) is 8.25. The fourth-order valence-corrected chi connectivity index (χ4v) is 3.01. The molecule has 0 aromatic heterocycles. The van der Waals surface area contributed by atoms with Gasteiger partial charge in [-0.1, -0.05) is 11.6 Å². The van der Waals surface area contributed by atoms with E-state index in [1.165, 1.54) is 23.9 Å². The molecule has 1 aliphatic rings. The summed E-state index contributed by atoms with van der Waals surface area (Å²) in [6, 6.07) is 10.1. The summed E-state index contributed by atoms with van der Waals surface area (Å²) in [4.78, 5) is 24.3. The number of amides is 2. The van der Waals surface area contributed by atoms with Crippen LogP contribution in [-0.2, 0) is 9.53 Å². The molecular formula is C18H14ClFN2O3S. The van der Waals surface area contributed by atoms with Gasteiger partial charge in [-0.3, -0.25) is 9.59 Å². The maximum atomic E-state index is 13.0. The molecule has 2 N–H and O–H groups in total. The van der Waals surface area contributed by atoms with Gasteiger partial charge in [0.1, 0.15) is 5.82 Å². The Morgan fingerprint density at radius 2 is 1.85 bits per heavy atom. The van der Waals surface area contributed by atoms with Crippen molar-refractivity contribution in [2.45, 2.75) is 0 Å². The monoisotopic (exact) mass is 392 g/mol. The predicted molar refractivity (Wildman–Crippen MR) is 101 cm³/mol. The van der Waals surface area contributed by atoms with Crippen molar-refractivity contribution >= 4 is 46.6 Å². The van der Waals surface area contributed by atoms with E-state index in [0.717, 1.165) is 11.8 Å².